The molecule has 0 unspecified atom stereocenters. The normalized spacial score (nSPS) is 11.2. The van der Waals surface area contributed by atoms with Gasteiger partial charge < -0.3 is 0 Å². The summed E-state index contributed by atoms with van der Waals surface area (Å²) in [6.45, 7) is 3.68. The minimum atomic E-state index is -3.17. The highest BCUT2D eigenvalue weighted by molar-refractivity contribution is 7.92. The van der Waals surface area contributed by atoms with Gasteiger partial charge in [0.1, 0.15) is 0 Å². The fourth-order valence-electron chi connectivity index (χ4n) is 0.849. The van der Waals surface area contributed by atoms with Gasteiger partial charge in [-0.25, -0.2) is 8.42 Å². The molecule has 1 aromatic carbocycles. The number of rotatable bonds is 2. The Morgan fingerprint density at radius 1 is 1.42 bits per heavy atom. The predicted molar refractivity (Wildman–Crippen MR) is 49.4 cm³/mol. The molecule has 3 nitrogen and oxygen atoms in total. The van der Waals surface area contributed by atoms with Crippen molar-refractivity contribution in [3.63, 3.8) is 0 Å². The Morgan fingerprint density at radius 3 is 2.58 bits per heavy atom. The molecule has 0 heterocycles. The van der Waals surface area contributed by atoms with E-state index < -0.39 is 10.0 Å². The minimum absolute atomic E-state index is 0.546. The molecule has 0 bridgehead atoms. The van der Waals surface area contributed by atoms with Crippen LogP contribution in [0.5, 0.6) is 0 Å². The molecule has 4 heteroatoms. The number of sulfonamides is 1. The molecule has 0 saturated carbocycles. The predicted octanol–water partition coefficient (Wildman–Crippen LogP) is 1.24. The third-order valence-corrected chi connectivity index (χ3v) is 1.84. The lowest BCUT2D eigenvalue weighted by Crippen LogP contribution is -2.09. The van der Waals surface area contributed by atoms with Crippen LogP contribution < -0.4 is 4.72 Å². The summed E-state index contributed by atoms with van der Waals surface area (Å²) in [6.07, 6.45) is 1.11. The number of anilines is 1. The second kappa shape index (κ2) is 3.15. The summed E-state index contributed by atoms with van der Waals surface area (Å²) in [5.41, 5.74) is 1.33. The van der Waals surface area contributed by atoms with Crippen molar-refractivity contribution in [2.75, 3.05) is 11.0 Å². The fourth-order valence-corrected chi connectivity index (χ4v) is 1.40. The third-order valence-electron chi connectivity index (χ3n) is 1.23. The third kappa shape index (κ3) is 2.92. The van der Waals surface area contributed by atoms with Crippen LogP contribution in [0.1, 0.15) is 5.56 Å². The molecule has 65 valence electrons. The molecular weight excluding hydrogens is 174 g/mol. The largest absolute Gasteiger partial charge is 0.284 e. The van der Waals surface area contributed by atoms with Gasteiger partial charge in [0.2, 0.25) is 10.0 Å². The van der Waals surface area contributed by atoms with Crippen molar-refractivity contribution in [3.05, 3.63) is 36.8 Å². The monoisotopic (exact) mass is 184 g/mol. The lowest BCUT2D eigenvalue weighted by atomic mass is 10.2. The van der Waals surface area contributed by atoms with Crippen molar-refractivity contribution < 1.29 is 8.42 Å². The van der Waals surface area contributed by atoms with Gasteiger partial charge in [-0.3, -0.25) is 4.72 Å². The second-order valence-corrected chi connectivity index (χ2v) is 4.32. The quantitative estimate of drug-likeness (QED) is 0.751. The van der Waals surface area contributed by atoms with E-state index in [1.165, 1.54) is 0 Å². The molecule has 0 spiro atoms. The first-order chi connectivity index (χ1) is 5.47. The zero-order valence-corrected chi connectivity index (χ0v) is 7.56. The molecule has 0 atom stereocenters. The standard InChI is InChI=1S/C8H10NO2S/c1-7-4-3-5-8(6-7)9-12(2,10)11/h3-6,9H,1H2,2H3. The van der Waals surface area contributed by atoms with Gasteiger partial charge in [0.25, 0.3) is 0 Å². The van der Waals surface area contributed by atoms with Gasteiger partial charge >= 0.3 is 0 Å². The SMILES string of the molecule is [CH2]c1cccc(NS(C)(=O)=O)c1. The minimum Gasteiger partial charge on any atom is -0.284 e. The average molecular weight is 184 g/mol. The molecule has 0 fully saturated rings. The van der Waals surface area contributed by atoms with E-state index in [1.54, 1.807) is 24.3 Å². The summed E-state index contributed by atoms with van der Waals surface area (Å²) in [7, 11) is -3.17. The lowest BCUT2D eigenvalue weighted by molar-refractivity contribution is 0.607. The first-order valence-corrected chi connectivity index (χ1v) is 5.26. The van der Waals surface area contributed by atoms with Crippen molar-refractivity contribution in [3.8, 4) is 0 Å². The van der Waals surface area contributed by atoms with Crippen LogP contribution in [0.15, 0.2) is 24.3 Å². The molecule has 0 aliphatic rings. The van der Waals surface area contributed by atoms with Crippen molar-refractivity contribution in [1.29, 1.82) is 0 Å². The summed E-state index contributed by atoms with van der Waals surface area (Å²) in [4.78, 5) is 0. The van der Waals surface area contributed by atoms with Crippen LogP contribution in [-0.2, 0) is 10.0 Å². The molecule has 0 saturated heterocycles. The van der Waals surface area contributed by atoms with E-state index >= 15 is 0 Å². The highest BCUT2D eigenvalue weighted by Gasteiger charge is 2.00. The molecule has 1 aromatic rings. The molecule has 1 N–H and O–H groups in total. The number of hydrogen-bond acceptors (Lipinski definition) is 2. The van der Waals surface area contributed by atoms with Gasteiger partial charge in [-0.05, 0) is 24.6 Å². The zero-order valence-electron chi connectivity index (χ0n) is 6.74. The summed E-state index contributed by atoms with van der Waals surface area (Å²) in [5, 5.41) is 0. The van der Waals surface area contributed by atoms with Crippen molar-refractivity contribution >= 4 is 15.7 Å². The Labute approximate surface area is 72.5 Å². The lowest BCUT2D eigenvalue weighted by Gasteiger charge is -2.03. The molecule has 1 rings (SSSR count). The van der Waals surface area contributed by atoms with Crippen LogP contribution >= 0.6 is 0 Å². The Hall–Kier alpha value is -1.03. The Bertz CT molecular complexity index is 370. The first-order valence-electron chi connectivity index (χ1n) is 3.37. The zero-order chi connectivity index (χ0) is 9.19. The van der Waals surface area contributed by atoms with Gasteiger partial charge in [-0.1, -0.05) is 12.1 Å². The van der Waals surface area contributed by atoms with Crippen LogP contribution in [-0.4, -0.2) is 14.7 Å². The van der Waals surface area contributed by atoms with Crippen molar-refractivity contribution in [1.82, 2.24) is 0 Å². The van der Waals surface area contributed by atoms with Gasteiger partial charge in [0, 0.05) is 5.69 Å². The Morgan fingerprint density at radius 2 is 2.08 bits per heavy atom. The van der Waals surface area contributed by atoms with E-state index in [9.17, 15) is 8.42 Å². The van der Waals surface area contributed by atoms with Gasteiger partial charge in [-0.15, -0.1) is 0 Å². The van der Waals surface area contributed by atoms with Crippen LogP contribution in [0, 0.1) is 6.92 Å². The summed E-state index contributed by atoms with van der Waals surface area (Å²) in [5.74, 6) is 0. The van der Waals surface area contributed by atoms with E-state index in [4.69, 9.17) is 0 Å². The molecule has 0 aliphatic carbocycles. The number of nitrogens with one attached hydrogen (secondary N) is 1. The van der Waals surface area contributed by atoms with Crippen molar-refractivity contribution in [2.24, 2.45) is 0 Å². The summed E-state index contributed by atoms with van der Waals surface area (Å²) >= 11 is 0. The van der Waals surface area contributed by atoms with Gasteiger partial charge in [0.05, 0.1) is 6.26 Å². The maximum absolute atomic E-state index is 10.8. The van der Waals surface area contributed by atoms with E-state index in [-0.39, 0.29) is 0 Å². The van der Waals surface area contributed by atoms with Crippen molar-refractivity contribution in [2.45, 2.75) is 0 Å². The Balaban J connectivity index is 2.91. The topological polar surface area (TPSA) is 46.2 Å². The van der Waals surface area contributed by atoms with Crippen LogP contribution in [0.4, 0.5) is 5.69 Å². The molecule has 1 radical (unpaired) electrons. The maximum atomic E-state index is 10.8. The van der Waals surface area contributed by atoms with Gasteiger partial charge in [0.15, 0.2) is 0 Å². The average Bonchev–Trinajstić information content (AvgIpc) is 1.82. The van der Waals surface area contributed by atoms with Crippen LogP contribution in [0.2, 0.25) is 0 Å². The summed E-state index contributed by atoms with van der Waals surface area (Å²) < 4.78 is 23.9. The van der Waals surface area contributed by atoms with Crippen LogP contribution in [0.3, 0.4) is 0 Å². The van der Waals surface area contributed by atoms with E-state index in [0.717, 1.165) is 11.8 Å². The second-order valence-electron chi connectivity index (χ2n) is 2.57. The highest BCUT2D eigenvalue weighted by Crippen LogP contribution is 2.10. The molecule has 12 heavy (non-hydrogen) atoms. The van der Waals surface area contributed by atoms with Crippen LogP contribution in [0.25, 0.3) is 0 Å². The molecule has 0 aromatic heterocycles. The highest BCUT2D eigenvalue weighted by atomic mass is 32.2. The van der Waals surface area contributed by atoms with E-state index in [1.807, 2.05) is 0 Å². The first kappa shape index (κ1) is 9.06. The van der Waals surface area contributed by atoms with E-state index in [2.05, 4.69) is 11.6 Å². The molecular formula is C8H10NO2S. The van der Waals surface area contributed by atoms with Gasteiger partial charge in [-0.2, -0.15) is 0 Å². The summed E-state index contributed by atoms with van der Waals surface area (Å²) in [6, 6.07) is 6.89. The van der Waals surface area contributed by atoms with E-state index in [0.29, 0.717) is 5.69 Å². The fraction of sp³-hybridized carbons (Fsp3) is 0.125. The maximum Gasteiger partial charge on any atom is 0.229 e. The molecule has 0 aliphatic heterocycles. The molecule has 0 amide bonds. The number of benzene rings is 1. The Kier molecular flexibility index (Phi) is 2.38. The number of hydrogen-bond donors (Lipinski definition) is 1. The smallest absolute Gasteiger partial charge is 0.229 e.